The van der Waals surface area contributed by atoms with Crippen molar-refractivity contribution in [3.8, 4) is 22.9 Å². The fourth-order valence-electron chi connectivity index (χ4n) is 4.55. The van der Waals surface area contributed by atoms with Crippen LogP contribution in [0.25, 0.3) is 22.9 Å². The zero-order chi connectivity index (χ0) is 24.0. The third-order valence-electron chi connectivity index (χ3n) is 6.59. The van der Waals surface area contributed by atoms with Crippen LogP contribution in [0.2, 0.25) is 0 Å². The summed E-state index contributed by atoms with van der Waals surface area (Å²) < 4.78 is 5.89. The predicted octanol–water partition coefficient (Wildman–Crippen LogP) is 5.63. The summed E-state index contributed by atoms with van der Waals surface area (Å²) >= 11 is 0. The Hall–Kier alpha value is -3.77. The van der Waals surface area contributed by atoms with E-state index in [1.165, 1.54) is 24.8 Å². The van der Waals surface area contributed by atoms with Crippen LogP contribution in [0, 0.1) is 6.92 Å². The van der Waals surface area contributed by atoms with E-state index in [-0.39, 0.29) is 5.91 Å². The van der Waals surface area contributed by atoms with Crippen molar-refractivity contribution in [1.29, 1.82) is 0 Å². The van der Waals surface area contributed by atoms with Gasteiger partial charge in [-0.25, -0.2) is 0 Å². The van der Waals surface area contributed by atoms with Crippen LogP contribution in [-0.2, 0) is 13.1 Å². The summed E-state index contributed by atoms with van der Waals surface area (Å²) in [4.78, 5) is 15.3. The molecule has 0 unspecified atom stereocenters. The second kappa shape index (κ2) is 10.7. The van der Waals surface area contributed by atoms with E-state index in [2.05, 4.69) is 38.6 Å². The van der Waals surface area contributed by atoms with E-state index >= 15 is 0 Å². The minimum atomic E-state index is -0.101. The summed E-state index contributed by atoms with van der Waals surface area (Å²) in [5.41, 5.74) is 5.82. The summed E-state index contributed by atoms with van der Waals surface area (Å²) in [7, 11) is 0. The average molecular weight is 467 g/mol. The molecule has 1 aliphatic rings. The van der Waals surface area contributed by atoms with Gasteiger partial charge >= 0.3 is 0 Å². The van der Waals surface area contributed by atoms with Gasteiger partial charge in [0.1, 0.15) is 0 Å². The Morgan fingerprint density at radius 2 is 1.54 bits per heavy atom. The van der Waals surface area contributed by atoms with E-state index in [0.29, 0.717) is 23.9 Å². The molecule has 6 nitrogen and oxygen atoms in total. The van der Waals surface area contributed by atoms with Gasteiger partial charge in [0, 0.05) is 29.8 Å². The lowest BCUT2D eigenvalue weighted by atomic mass is 10.0. The van der Waals surface area contributed by atoms with Gasteiger partial charge in [0.05, 0.1) is 0 Å². The molecule has 3 aromatic carbocycles. The Morgan fingerprint density at radius 1 is 0.857 bits per heavy atom. The van der Waals surface area contributed by atoms with Crippen molar-refractivity contribution in [3.05, 3.63) is 95.1 Å². The number of piperidine rings is 1. The van der Waals surface area contributed by atoms with Crippen LogP contribution in [0.1, 0.15) is 46.3 Å². The number of aromatic nitrogens is 2. The molecule has 1 amide bonds. The Kier molecular flexibility index (Phi) is 7.00. The van der Waals surface area contributed by atoms with Crippen LogP contribution in [0.15, 0.2) is 77.2 Å². The van der Waals surface area contributed by atoms with Crippen LogP contribution in [-0.4, -0.2) is 34.1 Å². The van der Waals surface area contributed by atoms with Gasteiger partial charge in [-0.1, -0.05) is 48.9 Å². The van der Waals surface area contributed by atoms with E-state index in [9.17, 15) is 4.79 Å². The largest absolute Gasteiger partial charge is 0.416 e. The standard InChI is InChI=1S/C29H30N4O2/c1-21-9-3-6-12-26(21)29-32-31-28(35-29)23-15-13-22(14-16-23)27(34)30-19-24-10-4-5-11-25(24)20-33-17-7-2-8-18-33/h3-6,9-16H,2,7-8,17-20H2,1H3,(H,30,34). The number of hydrogen-bond donors (Lipinski definition) is 1. The Morgan fingerprint density at radius 3 is 2.31 bits per heavy atom. The van der Waals surface area contributed by atoms with E-state index in [1.54, 1.807) is 12.1 Å². The number of hydrogen-bond acceptors (Lipinski definition) is 5. The zero-order valence-corrected chi connectivity index (χ0v) is 20.0. The molecule has 35 heavy (non-hydrogen) atoms. The monoisotopic (exact) mass is 466 g/mol. The molecule has 4 aromatic rings. The molecular weight excluding hydrogens is 436 g/mol. The first-order valence-corrected chi connectivity index (χ1v) is 12.2. The van der Waals surface area contributed by atoms with Crippen molar-refractivity contribution < 1.29 is 9.21 Å². The molecule has 0 spiro atoms. The summed E-state index contributed by atoms with van der Waals surface area (Å²) in [5.74, 6) is 0.820. The maximum Gasteiger partial charge on any atom is 0.251 e. The highest BCUT2D eigenvalue weighted by atomic mass is 16.4. The lowest BCUT2D eigenvalue weighted by molar-refractivity contribution is 0.0950. The summed E-state index contributed by atoms with van der Waals surface area (Å²) in [6, 6.07) is 23.6. The number of nitrogens with zero attached hydrogens (tertiary/aromatic N) is 3. The lowest BCUT2D eigenvalue weighted by Crippen LogP contribution is -2.30. The third kappa shape index (κ3) is 5.49. The number of likely N-dealkylation sites (tertiary alicyclic amines) is 1. The lowest BCUT2D eigenvalue weighted by Gasteiger charge is -2.27. The molecular formula is C29H30N4O2. The van der Waals surface area contributed by atoms with Crippen molar-refractivity contribution in [2.45, 2.75) is 39.3 Å². The van der Waals surface area contributed by atoms with Crippen molar-refractivity contribution in [3.63, 3.8) is 0 Å². The number of aryl methyl sites for hydroxylation is 1. The fourth-order valence-corrected chi connectivity index (χ4v) is 4.55. The Balaban J connectivity index is 1.22. The van der Waals surface area contributed by atoms with Crippen LogP contribution < -0.4 is 5.32 Å². The highest BCUT2D eigenvalue weighted by Gasteiger charge is 2.15. The van der Waals surface area contributed by atoms with E-state index < -0.39 is 0 Å². The quantitative estimate of drug-likeness (QED) is 0.382. The van der Waals surface area contributed by atoms with Gasteiger partial charge in [-0.15, -0.1) is 10.2 Å². The first-order chi connectivity index (χ1) is 17.2. The molecule has 6 heteroatoms. The number of amides is 1. The van der Waals surface area contributed by atoms with Gasteiger partial charge in [-0.3, -0.25) is 9.69 Å². The maximum absolute atomic E-state index is 12.8. The molecule has 2 heterocycles. The molecule has 0 saturated carbocycles. The van der Waals surface area contributed by atoms with Crippen molar-refractivity contribution >= 4 is 5.91 Å². The summed E-state index contributed by atoms with van der Waals surface area (Å²) in [6.07, 6.45) is 3.87. The number of carbonyl (C=O) groups excluding carboxylic acids is 1. The van der Waals surface area contributed by atoms with Gasteiger partial charge in [0.2, 0.25) is 11.8 Å². The highest BCUT2D eigenvalue weighted by Crippen LogP contribution is 2.26. The number of carbonyl (C=O) groups is 1. The highest BCUT2D eigenvalue weighted by molar-refractivity contribution is 5.94. The smallest absolute Gasteiger partial charge is 0.251 e. The third-order valence-corrected chi connectivity index (χ3v) is 6.59. The predicted molar refractivity (Wildman–Crippen MR) is 137 cm³/mol. The van der Waals surface area contributed by atoms with Gasteiger partial charge in [0.15, 0.2) is 0 Å². The molecule has 5 rings (SSSR count). The minimum absolute atomic E-state index is 0.101. The zero-order valence-electron chi connectivity index (χ0n) is 20.0. The molecule has 1 aliphatic heterocycles. The van der Waals surface area contributed by atoms with Crippen LogP contribution >= 0.6 is 0 Å². The van der Waals surface area contributed by atoms with E-state index in [0.717, 1.165) is 41.9 Å². The number of benzene rings is 3. The van der Waals surface area contributed by atoms with E-state index in [4.69, 9.17) is 4.42 Å². The van der Waals surface area contributed by atoms with Gasteiger partial charge in [-0.05, 0) is 79.9 Å². The first kappa shape index (κ1) is 23.0. The molecule has 1 fully saturated rings. The molecule has 1 N–H and O–H groups in total. The molecule has 0 aliphatic carbocycles. The molecule has 0 bridgehead atoms. The van der Waals surface area contributed by atoms with Crippen molar-refractivity contribution in [2.24, 2.45) is 0 Å². The fraction of sp³-hybridized carbons (Fsp3) is 0.276. The van der Waals surface area contributed by atoms with Gasteiger partial charge in [-0.2, -0.15) is 0 Å². The summed E-state index contributed by atoms with van der Waals surface area (Å²) in [5, 5.41) is 11.5. The van der Waals surface area contributed by atoms with Gasteiger partial charge in [0.25, 0.3) is 5.91 Å². The average Bonchev–Trinajstić information content (AvgIpc) is 3.39. The van der Waals surface area contributed by atoms with Gasteiger partial charge < -0.3 is 9.73 Å². The molecule has 0 atom stereocenters. The minimum Gasteiger partial charge on any atom is -0.416 e. The first-order valence-electron chi connectivity index (χ1n) is 12.2. The van der Waals surface area contributed by atoms with Crippen LogP contribution in [0.4, 0.5) is 0 Å². The molecule has 178 valence electrons. The van der Waals surface area contributed by atoms with E-state index in [1.807, 2.05) is 49.4 Å². The van der Waals surface area contributed by atoms with Crippen LogP contribution in [0.5, 0.6) is 0 Å². The topological polar surface area (TPSA) is 71.3 Å². The van der Waals surface area contributed by atoms with Crippen LogP contribution in [0.3, 0.4) is 0 Å². The molecule has 0 radical (unpaired) electrons. The number of nitrogens with one attached hydrogen (secondary N) is 1. The second-order valence-corrected chi connectivity index (χ2v) is 9.09. The number of rotatable bonds is 7. The maximum atomic E-state index is 12.8. The SMILES string of the molecule is Cc1ccccc1-c1nnc(-c2ccc(C(=O)NCc3ccccc3CN3CCCCC3)cc2)o1. The molecule has 1 saturated heterocycles. The normalized spacial score (nSPS) is 14.1. The Labute approximate surface area is 206 Å². The summed E-state index contributed by atoms with van der Waals surface area (Å²) in [6.45, 7) is 5.77. The molecule has 1 aromatic heterocycles. The van der Waals surface area contributed by atoms with Crippen molar-refractivity contribution in [1.82, 2.24) is 20.4 Å². The van der Waals surface area contributed by atoms with Crippen molar-refractivity contribution in [2.75, 3.05) is 13.1 Å². The second-order valence-electron chi connectivity index (χ2n) is 9.09. The Bertz CT molecular complexity index is 1290.